The van der Waals surface area contributed by atoms with Gasteiger partial charge in [-0.3, -0.25) is 0 Å². The summed E-state index contributed by atoms with van der Waals surface area (Å²) in [4.78, 5) is 0. The van der Waals surface area contributed by atoms with Gasteiger partial charge in [0.1, 0.15) is 5.22 Å². The largest absolute Gasteiger partial charge is 0.396 e. The minimum atomic E-state index is -2.44. The van der Waals surface area contributed by atoms with E-state index in [9.17, 15) is 0 Å². The molecule has 0 aliphatic carbocycles. The van der Waals surface area contributed by atoms with Crippen molar-refractivity contribution in [1.82, 2.24) is 0 Å². The van der Waals surface area contributed by atoms with E-state index in [1.165, 1.54) is 0 Å². The predicted molar refractivity (Wildman–Crippen MR) is 83.1 cm³/mol. The molecule has 0 saturated carbocycles. The van der Waals surface area contributed by atoms with Crippen LogP contribution in [0.4, 0.5) is 0 Å². The van der Waals surface area contributed by atoms with Gasteiger partial charge in [-0.15, -0.1) is 0 Å². The average Bonchev–Trinajstić information content (AvgIpc) is 2.39. The summed E-state index contributed by atoms with van der Waals surface area (Å²) in [5, 5.41) is -0.420. The van der Waals surface area contributed by atoms with E-state index in [4.69, 9.17) is 18.3 Å². The van der Waals surface area contributed by atoms with Crippen molar-refractivity contribution in [2.24, 2.45) is 0 Å². The van der Waals surface area contributed by atoms with Crippen LogP contribution in [0.5, 0.6) is 0 Å². The first-order valence-electron chi connectivity index (χ1n) is 7.64. The van der Waals surface area contributed by atoms with Crippen LogP contribution in [0.2, 0.25) is 6.04 Å². The highest BCUT2D eigenvalue weighted by Crippen LogP contribution is 2.45. The second-order valence-corrected chi connectivity index (χ2v) is 10.3. The molecule has 0 aromatic carbocycles. The van der Waals surface area contributed by atoms with E-state index in [0.717, 1.165) is 31.7 Å². The highest BCUT2D eigenvalue weighted by molar-refractivity contribution is 6.71. The Morgan fingerprint density at radius 2 is 1.75 bits per heavy atom. The fourth-order valence-corrected chi connectivity index (χ4v) is 7.53. The average molecular weight is 305 g/mol. The monoisotopic (exact) mass is 304 g/mol. The zero-order valence-corrected chi connectivity index (χ0v) is 15.2. The highest BCUT2D eigenvalue weighted by Gasteiger charge is 2.64. The van der Waals surface area contributed by atoms with E-state index < -0.39 is 13.8 Å². The molecule has 1 aliphatic rings. The lowest BCUT2D eigenvalue weighted by molar-refractivity contribution is -0.165. The van der Waals surface area contributed by atoms with E-state index in [-0.39, 0.29) is 11.7 Å². The summed E-state index contributed by atoms with van der Waals surface area (Å²) in [6.45, 7) is 8.46. The Bertz CT molecular complexity index is 299. The standard InChI is InChI=1S/C15H32O4Si/c1-8-11-15(16-5)13(19-14(2,3)4)10-9-12-20(15,17-6)18-7/h13H,8-12H2,1-7H3. The second kappa shape index (κ2) is 6.88. The van der Waals surface area contributed by atoms with E-state index in [0.29, 0.717) is 0 Å². The number of hydrogen-bond donors (Lipinski definition) is 0. The van der Waals surface area contributed by atoms with Crippen LogP contribution < -0.4 is 0 Å². The Kier molecular flexibility index (Phi) is 6.23. The van der Waals surface area contributed by atoms with Crippen LogP contribution in [-0.4, -0.2) is 46.8 Å². The quantitative estimate of drug-likeness (QED) is 0.705. The van der Waals surface area contributed by atoms with Crippen LogP contribution in [0, 0.1) is 0 Å². The first-order chi connectivity index (χ1) is 9.30. The number of rotatable bonds is 6. The molecule has 0 radical (unpaired) electrons. The molecule has 0 spiro atoms. The summed E-state index contributed by atoms with van der Waals surface area (Å²) < 4.78 is 24.3. The van der Waals surface area contributed by atoms with Gasteiger partial charge in [-0.05, 0) is 46.1 Å². The fraction of sp³-hybridized carbons (Fsp3) is 1.00. The van der Waals surface area contributed by atoms with Crippen LogP contribution >= 0.6 is 0 Å². The molecular formula is C15H32O4Si. The third-order valence-electron chi connectivity index (χ3n) is 4.28. The lowest BCUT2D eigenvalue weighted by Crippen LogP contribution is -2.71. The van der Waals surface area contributed by atoms with Gasteiger partial charge in [-0.2, -0.15) is 0 Å². The molecule has 0 bridgehead atoms. The molecule has 5 heteroatoms. The first kappa shape index (κ1) is 18.1. The van der Waals surface area contributed by atoms with Gasteiger partial charge in [0, 0.05) is 21.3 Å². The van der Waals surface area contributed by atoms with Crippen molar-refractivity contribution in [3.63, 3.8) is 0 Å². The molecule has 0 amide bonds. The first-order valence-corrected chi connectivity index (χ1v) is 9.66. The predicted octanol–water partition coefficient (Wildman–Crippen LogP) is 3.42. The smallest absolute Gasteiger partial charge is 0.373 e. The lowest BCUT2D eigenvalue weighted by atomic mass is 10.0. The number of hydrogen-bond acceptors (Lipinski definition) is 4. The van der Waals surface area contributed by atoms with Crippen molar-refractivity contribution in [2.45, 2.75) is 76.4 Å². The Morgan fingerprint density at radius 3 is 2.15 bits per heavy atom. The molecule has 1 heterocycles. The van der Waals surface area contributed by atoms with Gasteiger partial charge < -0.3 is 18.3 Å². The van der Waals surface area contributed by atoms with Gasteiger partial charge in [-0.25, -0.2) is 0 Å². The van der Waals surface area contributed by atoms with Gasteiger partial charge in [-0.1, -0.05) is 13.3 Å². The van der Waals surface area contributed by atoms with Gasteiger partial charge >= 0.3 is 8.56 Å². The normalized spacial score (nSPS) is 30.4. The van der Waals surface area contributed by atoms with Crippen LogP contribution in [0.1, 0.15) is 53.4 Å². The highest BCUT2D eigenvalue weighted by atomic mass is 28.4. The number of methoxy groups -OCH3 is 1. The summed E-state index contributed by atoms with van der Waals surface area (Å²) in [6, 6.07) is 0.970. The Morgan fingerprint density at radius 1 is 1.15 bits per heavy atom. The van der Waals surface area contributed by atoms with Crippen LogP contribution in [0.3, 0.4) is 0 Å². The molecule has 2 atom stereocenters. The van der Waals surface area contributed by atoms with Crippen molar-refractivity contribution in [3.05, 3.63) is 0 Å². The third kappa shape index (κ3) is 3.27. The molecule has 1 saturated heterocycles. The molecule has 1 rings (SSSR count). The van der Waals surface area contributed by atoms with Crippen molar-refractivity contribution < 1.29 is 18.3 Å². The summed E-state index contributed by atoms with van der Waals surface area (Å²) >= 11 is 0. The second-order valence-electron chi connectivity index (χ2n) is 6.62. The molecule has 0 N–H and O–H groups in total. The zero-order valence-electron chi connectivity index (χ0n) is 14.2. The van der Waals surface area contributed by atoms with Crippen molar-refractivity contribution in [2.75, 3.05) is 21.3 Å². The van der Waals surface area contributed by atoms with Gasteiger partial charge in [0.15, 0.2) is 0 Å². The summed E-state index contributed by atoms with van der Waals surface area (Å²) in [5.41, 5.74) is -0.193. The maximum Gasteiger partial charge on any atom is 0.373 e. The van der Waals surface area contributed by atoms with E-state index >= 15 is 0 Å². The summed E-state index contributed by atoms with van der Waals surface area (Å²) in [7, 11) is 2.86. The molecule has 4 nitrogen and oxygen atoms in total. The third-order valence-corrected chi connectivity index (χ3v) is 8.67. The van der Waals surface area contributed by atoms with Crippen molar-refractivity contribution in [1.29, 1.82) is 0 Å². The molecule has 1 fully saturated rings. The lowest BCUT2D eigenvalue weighted by Gasteiger charge is -2.53. The summed E-state index contributed by atoms with van der Waals surface area (Å²) in [5.74, 6) is 0. The van der Waals surface area contributed by atoms with Crippen LogP contribution in [0.15, 0.2) is 0 Å². The minimum Gasteiger partial charge on any atom is -0.396 e. The van der Waals surface area contributed by atoms with Crippen molar-refractivity contribution >= 4 is 8.56 Å². The molecule has 20 heavy (non-hydrogen) atoms. The molecule has 1 aliphatic heterocycles. The molecule has 0 aromatic heterocycles. The Hall–Kier alpha value is 0.0569. The Labute approximate surface area is 125 Å². The van der Waals surface area contributed by atoms with Gasteiger partial charge in [0.25, 0.3) is 0 Å². The molecular weight excluding hydrogens is 272 g/mol. The maximum absolute atomic E-state index is 6.35. The Balaban J connectivity index is 3.20. The van der Waals surface area contributed by atoms with Crippen LogP contribution in [0.25, 0.3) is 0 Å². The zero-order chi connectivity index (χ0) is 15.4. The van der Waals surface area contributed by atoms with E-state index in [2.05, 4.69) is 27.7 Å². The molecule has 0 aromatic rings. The maximum atomic E-state index is 6.35. The van der Waals surface area contributed by atoms with E-state index in [1.54, 1.807) is 21.3 Å². The molecule has 120 valence electrons. The number of ether oxygens (including phenoxy) is 2. The van der Waals surface area contributed by atoms with Gasteiger partial charge in [0.05, 0.1) is 11.7 Å². The van der Waals surface area contributed by atoms with E-state index in [1.807, 2.05) is 0 Å². The van der Waals surface area contributed by atoms with Crippen LogP contribution in [-0.2, 0) is 18.3 Å². The molecule has 2 unspecified atom stereocenters. The SMILES string of the molecule is CCCC1(OC)C(OC(C)(C)C)CCC[Si]1(OC)OC. The van der Waals surface area contributed by atoms with Crippen molar-refractivity contribution in [3.8, 4) is 0 Å². The topological polar surface area (TPSA) is 36.9 Å². The summed E-state index contributed by atoms with van der Waals surface area (Å²) in [6.07, 6.45) is 4.06. The fourth-order valence-electron chi connectivity index (χ4n) is 3.54. The van der Waals surface area contributed by atoms with Gasteiger partial charge in [0.2, 0.25) is 0 Å². The minimum absolute atomic E-state index is 0.0350.